The van der Waals surface area contributed by atoms with E-state index in [9.17, 15) is 14.9 Å². The van der Waals surface area contributed by atoms with E-state index in [2.05, 4.69) is 10.5 Å². The van der Waals surface area contributed by atoms with Crippen molar-refractivity contribution in [2.75, 3.05) is 0 Å². The van der Waals surface area contributed by atoms with E-state index >= 15 is 0 Å². The summed E-state index contributed by atoms with van der Waals surface area (Å²) < 4.78 is 0. The average molecular weight is 498 g/mol. The van der Waals surface area contributed by atoms with E-state index in [1.54, 1.807) is 23.9 Å². The number of ketones is 1. The van der Waals surface area contributed by atoms with Crippen LogP contribution in [0.5, 0.6) is 0 Å². The van der Waals surface area contributed by atoms with Crippen LogP contribution in [0.15, 0.2) is 87.7 Å². The van der Waals surface area contributed by atoms with Gasteiger partial charge in [0.05, 0.1) is 0 Å². The number of hydrogen-bond acceptors (Lipinski definition) is 6. The van der Waals surface area contributed by atoms with Crippen LogP contribution in [0.4, 0.5) is 4.79 Å². The summed E-state index contributed by atoms with van der Waals surface area (Å²) in [5.74, 6) is 0.00645. The van der Waals surface area contributed by atoms with Crippen LogP contribution in [0.3, 0.4) is 0 Å². The molecule has 1 fully saturated rings. The maximum absolute atomic E-state index is 12.8. The maximum atomic E-state index is 12.8. The number of oxime groups is 1. The van der Waals surface area contributed by atoms with Gasteiger partial charge in [-0.15, -0.1) is 0 Å². The third kappa shape index (κ3) is 6.61. The van der Waals surface area contributed by atoms with Gasteiger partial charge in [-0.1, -0.05) is 72.6 Å². The fourth-order valence-corrected chi connectivity index (χ4v) is 4.96. The van der Waals surface area contributed by atoms with Crippen molar-refractivity contribution in [3.63, 3.8) is 0 Å². The average Bonchev–Trinajstić information content (AvgIpc) is 2.91. The number of hydrogen-bond donors (Lipinski definition) is 1. The Bertz CT molecular complexity index is 1290. The molecule has 0 radical (unpaired) electrons. The molecule has 6 nitrogen and oxygen atoms in total. The summed E-state index contributed by atoms with van der Waals surface area (Å²) >= 11 is 1.54. The van der Waals surface area contributed by atoms with Gasteiger partial charge in [0.1, 0.15) is 6.07 Å². The van der Waals surface area contributed by atoms with Crippen LogP contribution < -0.4 is 5.32 Å². The molecule has 1 amide bonds. The lowest BCUT2D eigenvalue weighted by Gasteiger charge is -2.21. The van der Waals surface area contributed by atoms with Crippen LogP contribution >= 0.6 is 11.8 Å². The van der Waals surface area contributed by atoms with Gasteiger partial charge in [-0.2, -0.15) is 5.26 Å². The van der Waals surface area contributed by atoms with Crippen molar-refractivity contribution < 1.29 is 14.4 Å². The van der Waals surface area contributed by atoms with Gasteiger partial charge < -0.3 is 5.32 Å². The molecule has 7 heteroatoms. The highest BCUT2D eigenvalue weighted by Gasteiger charge is 2.17. The first-order valence-electron chi connectivity index (χ1n) is 12.0. The van der Waals surface area contributed by atoms with E-state index in [1.165, 1.54) is 6.42 Å². The van der Waals surface area contributed by atoms with Crippen LogP contribution in [0.1, 0.15) is 59.2 Å². The van der Waals surface area contributed by atoms with Gasteiger partial charge >= 0.3 is 6.09 Å². The van der Waals surface area contributed by atoms with Crippen LogP contribution in [0, 0.1) is 18.3 Å². The molecule has 1 saturated carbocycles. The number of carbonyl (C=O) groups excluding carboxylic acids is 2. The topological polar surface area (TPSA) is 91.6 Å². The summed E-state index contributed by atoms with van der Waals surface area (Å²) in [5, 5.41) is 16.0. The fraction of sp³-hybridized carbons (Fsp3) is 0.241. The summed E-state index contributed by atoms with van der Waals surface area (Å²) in [7, 11) is 0. The summed E-state index contributed by atoms with van der Waals surface area (Å²) in [4.78, 5) is 31.7. The largest absolute Gasteiger partial charge is 0.433 e. The van der Waals surface area contributed by atoms with Crippen molar-refractivity contribution in [2.24, 2.45) is 5.16 Å². The minimum absolute atomic E-state index is 0.00645. The SMILES string of the molecule is Cc1ccccc1C(=O)c1ccc(Sc2ccc(/C(C#N)=N/OC(=O)NC3CCCCC3)cc2)cc1. The van der Waals surface area contributed by atoms with Crippen molar-refractivity contribution in [3.8, 4) is 6.07 Å². The first-order chi connectivity index (χ1) is 17.5. The first kappa shape index (κ1) is 25.2. The number of nitrogens with zero attached hydrogens (tertiary/aromatic N) is 2. The second kappa shape index (κ2) is 12.2. The molecule has 0 atom stereocenters. The summed E-state index contributed by atoms with van der Waals surface area (Å²) in [6, 6.07) is 24.5. The van der Waals surface area contributed by atoms with Crippen molar-refractivity contribution in [3.05, 3.63) is 95.1 Å². The van der Waals surface area contributed by atoms with E-state index in [0.717, 1.165) is 41.0 Å². The molecule has 1 aliphatic rings. The van der Waals surface area contributed by atoms with Crippen LogP contribution in [-0.4, -0.2) is 23.6 Å². The van der Waals surface area contributed by atoms with Crippen molar-refractivity contribution in [1.82, 2.24) is 5.32 Å². The van der Waals surface area contributed by atoms with Crippen LogP contribution in [0.2, 0.25) is 0 Å². The number of aryl methyl sites for hydroxylation is 1. The molecular formula is C29H27N3O3S. The Morgan fingerprint density at radius 2 is 1.53 bits per heavy atom. The molecule has 36 heavy (non-hydrogen) atoms. The molecular weight excluding hydrogens is 470 g/mol. The van der Waals surface area contributed by atoms with E-state index in [4.69, 9.17) is 4.84 Å². The first-order valence-corrected chi connectivity index (χ1v) is 12.8. The molecule has 0 spiro atoms. The highest BCUT2D eigenvalue weighted by Crippen LogP contribution is 2.28. The van der Waals surface area contributed by atoms with Gasteiger partial charge in [-0.05, 0) is 61.7 Å². The molecule has 1 N–H and O–H groups in total. The third-order valence-electron chi connectivity index (χ3n) is 6.12. The van der Waals surface area contributed by atoms with E-state index in [-0.39, 0.29) is 17.5 Å². The van der Waals surface area contributed by atoms with Gasteiger partial charge in [0.15, 0.2) is 11.5 Å². The molecule has 1 aliphatic carbocycles. The molecule has 0 unspecified atom stereocenters. The van der Waals surface area contributed by atoms with Crippen LogP contribution in [-0.2, 0) is 4.84 Å². The second-order valence-corrected chi connectivity index (χ2v) is 9.85. The van der Waals surface area contributed by atoms with Crippen LogP contribution in [0.25, 0.3) is 0 Å². The summed E-state index contributed by atoms with van der Waals surface area (Å²) in [6.45, 7) is 1.93. The zero-order chi connectivity index (χ0) is 25.3. The lowest BCUT2D eigenvalue weighted by Crippen LogP contribution is -2.35. The van der Waals surface area contributed by atoms with Gasteiger partial charge in [0, 0.05) is 32.5 Å². The van der Waals surface area contributed by atoms with E-state index in [0.29, 0.717) is 16.7 Å². The smallest absolute Gasteiger partial charge is 0.317 e. The Kier molecular flexibility index (Phi) is 8.53. The molecule has 182 valence electrons. The summed E-state index contributed by atoms with van der Waals surface area (Å²) in [5.41, 5.74) is 2.90. The zero-order valence-electron chi connectivity index (χ0n) is 20.1. The number of nitriles is 1. The molecule has 0 heterocycles. The fourth-order valence-electron chi connectivity index (χ4n) is 4.14. The molecule has 0 saturated heterocycles. The van der Waals surface area contributed by atoms with E-state index < -0.39 is 6.09 Å². The normalized spacial score (nSPS) is 14.1. The maximum Gasteiger partial charge on any atom is 0.433 e. The van der Waals surface area contributed by atoms with Gasteiger partial charge in [-0.25, -0.2) is 4.79 Å². The minimum atomic E-state index is -0.633. The Morgan fingerprint density at radius 3 is 2.14 bits per heavy atom. The molecule has 3 aromatic rings. The second-order valence-electron chi connectivity index (χ2n) is 8.70. The van der Waals surface area contributed by atoms with Gasteiger partial charge in [-0.3, -0.25) is 9.63 Å². The minimum Gasteiger partial charge on any atom is -0.317 e. The molecule has 0 aromatic heterocycles. The van der Waals surface area contributed by atoms with Crippen molar-refractivity contribution in [2.45, 2.75) is 54.9 Å². The number of carbonyl (C=O) groups is 2. The summed E-state index contributed by atoms with van der Waals surface area (Å²) in [6.07, 6.45) is 4.63. The standard InChI is InChI=1S/C29H27N3O3S/c1-20-7-5-6-10-26(20)28(33)22-13-17-25(18-14-22)36-24-15-11-21(12-16-24)27(19-30)32-35-29(34)31-23-8-3-2-4-9-23/h5-7,10-18,23H,2-4,8-9H2,1H3,(H,31,34)/b32-27+. The third-order valence-corrected chi connectivity index (χ3v) is 7.14. The molecule has 0 aliphatic heterocycles. The van der Waals surface area contributed by atoms with E-state index in [1.807, 2.05) is 73.7 Å². The number of amides is 1. The van der Waals surface area contributed by atoms with Crippen molar-refractivity contribution in [1.29, 1.82) is 5.26 Å². The number of rotatable bonds is 7. The molecule has 3 aromatic carbocycles. The Balaban J connectivity index is 1.35. The number of nitrogens with one attached hydrogen (secondary N) is 1. The zero-order valence-corrected chi connectivity index (χ0v) is 20.9. The Hall–Kier alpha value is -3.89. The predicted molar refractivity (Wildman–Crippen MR) is 140 cm³/mol. The monoisotopic (exact) mass is 497 g/mol. The van der Waals surface area contributed by atoms with Gasteiger partial charge in [0.25, 0.3) is 0 Å². The molecule has 4 rings (SSSR count). The Morgan fingerprint density at radius 1 is 0.917 bits per heavy atom. The Labute approximate surface area is 215 Å². The van der Waals surface area contributed by atoms with Gasteiger partial charge in [0.2, 0.25) is 0 Å². The molecule has 0 bridgehead atoms. The quantitative estimate of drug-likeness (QED) is 0.170. The highest BCUT2D eigenvalue weighted by atomic mass is 32.2. The lowest BCUT2D eigenvalue weighted by atomic mass is 9.96. The van der Waals surface area contributed by atoms with Crippen molar-refractivity contribution >= 4 is 29.4 Å². The predicted octanol–water partition coefficient (Wildman–Crippen LogP) is 6.66. The lowest BCUT2D eigenvalue weighted by molar-refractivity contribution is 0.103. The number of benzene rings is 3. The highest BCUT2D eigenvalue weighted by molar-refractivity contribution is 7.99.